The first kappa shape index (κ1) is 110. The smallest absolute Gasteiger partial charge is 0.338 e. The second kappa shape index (κ2) is 79.3. The molecule has 0 atom stereocenters. The third-order valence-corrected chi connectivity index (χ3v) is 15.3. The van der Waals surface area contributed by atoms with E-state index in [0.29, 0.717) is 321 Å². The minimum absolute atomic E-state index is 0.0609. The van der Waals surface area contributed by atoms with Crippen molar-refractivity contribution in [2.24, 2.45) is 0 Å². The summed E-state index contributed by atoms with van der Waals surface area (Å²) in [5, 5.41) is 5.55. The van der Waals surface area contributed by atoms with Crippen molar-refractivity contribution < 1.29 is 161 Å². The topological polar surface area (TPSA) is 377 Å². The number of hydrogen-bond donors (Lipinski definition) is 2. The van der Waals surface area contributed by atoms with Crippen LogP contribution in [-0.4, -0.2) is 384 Å². The van der Waals surface area contributed by atoms with Crippen LogP contribution in [0.1, 0.15) is 70.3 Å². The summed E-state index contributed by atoms with van der Waals surface area (Å²) in [6, 6.07) is 21.2. The van der Waals surface area contributed by atoms with Gasteiger partial charge in [-0.05, 0) is 88.6 Å². The summed E-state index contributed by atoms with van der Waals surface area (Å²) in [6.45, 7) is 31.1. The third-order valence-electron chi connectivity index (χ3n) is 15.3. The van der Waals surface area contributed by atoms with Gasteiger partial charge in [0, 0.05) is 13.1 Å². The number of amides is 2. The van der Waals surface area contributed by atoms with Gasteiger partial charge in [-0.15, -0.1) is 0 Å². The van der Waals surface area contributed by atoms with Crippen LogP contribution in [-0.2, 0) is 154 Å². The highest BCUT2D eigenvalue weighted by Gasteiger charge is 2.19. The lowest BCUT2D eigenvalue weighted by Gasteiger charge is -2.19. The van der Waals surface area contributed by atoms with Crippen LogP contribution >= 0.6 is 0 Å². The molecule has 0 radical (unpaired) electrons. The molecule has 2 amide bonds. The number of carbonyl (C=O) groups is 5. The van der Waals surface area contributed by atoms with E-state index in [1.54, 1.807) is 36.4 Å². The Hall–Kier alpha value is -6.35. The summed E-state index contributed by atoms with van der Waals surface area (Å²) >= 11 is 0. The SMILES string of the molecule is CC(C)(C)OC(=O)CCOCCOCCOCCOCCOCCOCCOCCOCCOCCOCCOCCOCCNC(=O)COc1ccc(-c2cc(OCC(=O)NCCOCCOCCOCCOCCOCCOCCOCCOCCOCCOCCOCCOCCC(=O)OC(C)(C)C)cc(C(=O)OCc3ccccc3)c2)cc1. The molecule has 3 aromatic carbocycles. The van der Waals surface area contributed by atoms with Crippen LogP contribution in [0.5, 0.6) is 11.5 Å². The lowest BCUT2D eigenvalue weighted by molar-refractivity contribution is -0.157. The van der Waals surface area contributed by atoms with E-state index in [4.69, 9.17) is 137 Å². The van der Waals surface area contributed by atoms with E-state index in [1.165, 1.54) is 6.07 Å². The summed E-state index contributed by atoms with van der Waals surface area (Å²) in [6.07, 6.45) is 0.425. The average Bonchev–Trinajstić information content (AvgIpc) is 0.820. The van der Waals surface area contributed by atoms with Crippen molar-refractivity contribution in [2.45, 2.75) is 72.2 Å². The molecule has 0 saturated heterocycles. The van der Waals surface area contributed by atoms with Crippen LogP contribution in [0, 0.1) is 0 Å². The van der Waals surface area contributed by atoms with E-state index in [1.807, 2.05) is 71.9 Å². The van der Waals surface area contributed by atoms with E-state index in [0.717, 1.165) is 5.56 Å². The maximum atomic E-state index is 13.4. The Labute approximate surface area is 721 Å². The van der Waals surface area contributed by atoms with E-state index in [2.05, 4.69) is 10.6 Å². The van der Waals surface area contributed by atoms with Gasteiger partial charge in [0.05, 0.1) is 336 Å². The fraction of sp³-hybridized carbons (Fsp3) is 0.733. The number of nitrogens with one attached hydrogen (secondary N) is 2. The molecule has 3 rings (SSSR count). The van der Waals surface area contributed by atoms with Crippen LogP contribution < -0.4 is 20.1 Å². The largest absolute Gasteiger partial charge is 0.484 e. The van der Waals surface area contributed by atoms with Crippen molar-refractivity contribution in [3.63, 3.8) is 0 Å². The molecule has 0 aliphatic heterocycles. The summed E-state index contributed by atoms with van der Waals surface area (Å²) in [4.78, 5) is 62.1. The Bertz CT molecular complexity index is 2930. The summed E-state index contributed by atoms with van der Waals surface area (Å²) in [5.41, 5.74) is 1.38. The number of benzene rings is 3. The Morgan fingerprint density at radius 1 is 0.262 bits per heavy atom. The Kier molecular flexibility index (Phi) is 71.4. The first-order valence-electron chi connectivity index (χ1n) is 42.1. The molecule has 0 bridgehead atoms. The van der Waals surface area contributed by atoms with Crippen LogP contribution in [0.3, 0.4) is 0 Å². The summed E-state index contributed by atoms with van der Waals surface area (Å²) in [7, 11) is 0. The number of hydrogen-bond acceptors (Lipinski definition) is 34. The molecular formula is C86H142N2O34. The molecule has 0 aromatic heterocycles. The van der Waals surface area contributed by atoms with Gasteiger partial charge < -0.3 is 148 Å². The van der Waals surface area contributed by atoms with Crippen LogP contribution in [0.25, 0.3) is 11.1 Å². The lowest BCUT2D eigenvalue weighted by Crippen LogP contribution is -2.32. The molecule has 0 aliphatic rings. The monoisotopic (exact) mass is 1750 g/mol. The van der Waals surface area contributed by atoms with Gasteiger partial charge in [-0.2, -0.15) is 0 Å². The predicted molar refractivity (Wildman–Crippen MR) is 445 cm³/mol. The van der Waals surface area contributed by atoms with E-state index < -0.39 is 17.2 Å². The Morgan fingerprint density at radius 2 is 0.508 bits per heavy atom. The molecule has 0 spiro atoms. The van der Waals surface area contributed by atoms with Crippen molar-refractivity contribution >= 4 is 29.7 Å². The van der Waals surface area contributed by atoms with Crippen molar-refractivity contribution in [3.8, 4) is 22.6 Å². The second-order valence-electron chi connectivity index (χ2n) is 28.0. The molecule has 36 nitrogen and oxygen atoms in total. The van der Waals surface area contributed by atoms with Gasteiger partial charge >= 0.3 is 17.9 Å². The van der Waals surface area contributed by atoms with Crippen molar-refractivity contribution in [1.29, 1.82) is 0 Å². The van der Waals surface area contributed by atoms with E-state index in [9.17, 15) is 24.0 Å². The fourth-order valence-corrected chi connectivity index (χ4v) is 9.58. The molecular weight excluding hydrogens is 1600 g/mol. The minimum atomic E-state index is -0.578. The molecule has 0 saturated carbocycles. The number of esters is 3. The van der Waals surface area contributed by atoms with Crippen molar-refractivity contribution in [1.82, 2.24) is 10.6 Å². The standard InChI is InChI=1S/C86H142N2O34/c1-85(2,3)121-82(91)16-20-94-24-28-98-32-36-102-40-44-106-48-52-110-56-60-114-64-66-116-62-58-112-54-50-108-46-42-104-38-34-100-30-26-96-22-18-87-80(89)72-118-78-14-12-75(13-15-78)76-68-77(84(93)120-71-74-10-8-7-9-11-74)70-79(69-76)119-73-81(90)88-19-23-97-27-31-101-35-39-105-43-47-109-51-55-113-59-63-117-67-65-115-61-57-111-53-49-107-45-41-103-37-33-99-29-25-95-21-17-83(92)122-86(4,5)6/h7-15,68-70H,16-67,71-73H2,1-6H3,(H,87,89)(H,88,90). The van der Waals surface area contributed by atoms with E-state index >= 15 is 0 Å². The van der Waals surface area contributed by atoms with Gasteiger partial charge in [0.25, 0.3) is 11.8 Å². The normalized spacial score (nSPS) is 11.7. The van der Waals surface area contributed by atoms with Gasteiger partial charge in [0.1, 0.15) is 29.3 Å². The third kappa shape index (κ3) is 72.9. The highest BCUT2D eigenvalue weighted by atomic mass is 16.6. The van der Waals surface area contributed by atoms with Crippen molar-refractivity contribution in [2.75, 3.05) is 343 Å². The fourth-order valence-electron chi connectivity index (χ4n) is 9.58. The summed E-state index contributed by atoms with van der Waals surface area (Å²) < 4.78 is 160. The maximum Gasteiger partial charge on any atom is 0.338 e. The Balaban J connectivity index is 1.06. The quantitative estimate of drug-likeness (QED) is 0.0396. The molecule has 0 heterocycles. The zero-order valence-corrected chi connectivity index (χ0v) is 73.2. The zero-order chi connectivity index (χ0) is 87.6. The molecule has 122 heavy (non-hydrogen) atoms. The van der Waals surface area contributed by atoms with Gasteiger partial charge in [0.2, 0.25) is 0 Å². The number of ether oxygens (including phenoxy) is 29. The number of carbonyl (C=O) groups excluding carboxylic acids is 5. The summed E-state index contributed by atoms with van der Waals surface area (Å²) in [5.74, 6) is -1.13. The number of rotatable bonds is 88. The second-order valence-corrected chi connectivity index (χ2v) is 28.0. The molecule has 700 valence electrons. The Morgan fingerprint density at radius 3 is 0.770 bits per heavy atom. The molecule has 36 heteroatoms. The minimum Gasteiger partial charge on any atom is -0.484 e. The molecule has 2 N–H and O–H groups in total. The molecule has 0 unspecified atom stereocenters. The van der Waals surface area contributed by atoms with Gasteiger partial charge in [-0.1, -0.05) is 42.5 Å². The van der Waals surface area contributed by atoms with Gasteiger partial charge in [-0.25, -0.2) is 4.79 Å². The van der Waals surface area contributed by atoms with Crippen molar-refractivity contribution in [3.05, 3.63) is 83.9 Å². The zero-order valence-electron chi connectivity index (χ0n) is 73.2. The van der Waals surface area contributed by atoms with Crippen LogP contribution in [0.4, 0.5) is 0 Å². The lowest BCUT2D eigenvalue weighted by atomic mass is 10.0. The molecule has 0 aliphatic carbocycles. The molecule has 0 fully saturated rings. The van der Waals surface area contributed by atoms with Gasteiger partial charge in [0.15, 0.2) is 13.2 Å². The van der Waals surface area contributed by atoms with Gasteiger partial charge in [-0.3, -0.25) is 19.2 Å². The maximum absolute atomic E-state index is 13.4. The highest BCUT2D eigenvalue weighted by Crippen LogP contribution is 2.29. The van der Waals surface area contributed by atoms with Crippen LogP contribution in [0.2, 0.25) is 0 Å². The predicted octanol–water partition coefficient (Wildman–Crippen LogP) is 5.56. The first-order valence-corrected chi connectivity index (χ1v) is 42.1. The first-order chi connectivity index (χ1) is 59.6. The molecule has 3 aromatic rings. The highest BCUT2D eigenvalue weighted by molar-refractivity contribution is 5.92. The van der Waals surface area contributed by atoms with E-state index in [-0.39, 0.29) is 94.0 Å². The average molecular weight is 1750 g/mol. The van der Waals surface area contributed by atoms with Crippen LogP contribution in [0.15, 0.2) is 72.8 Å².